The summed E-state index contributed by atoms with van der Waals surface area (Å²) in [6, 6.07) is 3.82. The highest BCUT2D eigenvalue weighted by Crippen LogP contribution is 2.36. The Labute approximate surface area is 112 Å². The standard InChI is InChI=1S/C15H19F2NO/c1-2-11-3-4-13(18-10-11)9-14(19)12-5-7-15(16,17)8-6-12/h3-4,10,12H,2,5-9H2,1H3. The van der Waals surface area contributed by atoms with Crippen molar-refractivity contribution in [3.63, 3.8) is 0 Å². The third-order valence-corrected chi connectivity index (χ3v) is 3.82. The lowest BCUT2D eigenvalue weighted by molar-refractivity contribution is -0.126. The van der Waals surface area contributed by atoms with Gasteiger partial charge in [-0.1, -0.05) is 13.0 Å². The molecule has 1 heterocycles. The van der Waals surface area contributed by atoms with Crippen LogP contribution in [0.1, 0.15) is 43.9 Å². The van der Waals surface area contributed by atoms with Crippen molar-refractivity contribution in [3.05, 3.63) is 29.6 Å². The quantitative estimate of drug-likeness (QED) is 0.834. The van der Waals surface area contributed by atoms with Crippen LogP contribution in [0.15, 0.2) is 18.3 Å². The summed E-state index contributed by atoms with van der Waals surface area (Å²) in [5, 5.41) is 0. The van der Waals surface area contributed by atoms with E-state index in [9.17, 15) is 13.6 Å². The summed E-state index contributed by atoms with van der Waals surface area (Å²) in [7, 11) is 0. The molecule has 1 aliphatic rings. The number of Topliss-reactive ketones (excluding diaryl/α,β-unsaturated/α-hetero) is 1. The molecule has 0 bridgehead atoms. The molecule has 104 valence electrons. The number of hydrogen-bond acceptors (Lipinski definition) is 2. The summed E-state index contributed by atoms with van der Waals surface area (Å²) in [5.74, 6) is -2.74. The lowest BCUT2D eigenvalue weighted by Crippen LogP contribution is -2.29. The number of hydrogen-bond donors (Lipinski definition) is 0. The molecule has 0 spiro atoms. The molecule has 1 saturated carbocycles. The Morgan fingerprint density at radius 3 is 2.58 bits per heavy atom. The summed E-state index contributed by atoms with van der Waals surface area (Å²) in [6.45, 7) is 2.05. The zero-order valence-electron chi connectivity index (χ0n) is 11.2. The molecule has 4 heteroatoms. The smallest absolute Gasteiger partial charge is 0.248 e. The average Bonchev–Trinajstić information content (AvgIpc) is 2.39. The Balaban J connectivity index is 1.90. The van der Waals surface area contributed by atoms with Crippen LogP contribution < -0.4 is 0 Å². The number of carbonyl (C=O) groups is 1. The van der Waals surface area contributed by atoms with Crippen LogP contribution in [0.4, 0.5) is 8.78 Å². The number of halogens is 2. The minimum Gasteiger partial charge on any atom is -0.299 e. The van der Waals surface area contributed by atoms with Crippen molar-refractivity contribution in [3.8, 4) is 0 Å². The van der Waals surface area contributed by atoms with E-state index in [0.29, 0.717) is 12.8 Å². The second kappa shape index (κ2) is 5.76. The molecule has 1 aromatic rings. The number of aromatic nitrogens is 1. The largest absolute Gasteiger partial charge is 0.299 e. The molecule has 1 aliphatic carbocycles. The van der Waals surface area contributed by atoms with Crippen LogP contribution in [0.25, 0.3) is 0 Å². The first kappa shape index (κ1) is 14.1. The van der Waals surface area contributed by atoms with Gasteiger partial charge in [0.2, 0.25) is 5.92 Å². The fourth-order valence-corrected chi connectivity index (χ4v) is 2.45. The van der Waals surface area contributed by atoms with Crippen molar-refractivity contribution in [1.29, 1.82) is 0 Å². The minimum atomic E-state index is -2.57. The highest BCUT2D eigenvalue weighted by Gasteiger charge is 2.37. The van der Waals surface area contributed by atoms with Gasteiger partial charge in [-0.25, -0.2) is 8.78 Å². The van der Waals surface area contributed by atoms with E-state index >= 15 is 0 Å². The van der Waals surface area contributed by atoms with Gasteiger partial charge in [0.25, 0.3) is 0 Å². The number of rotatable bonds is 4. The van der Waals surface area contributed by atoms with Crippen LogP contribution >= 0.6 is 0 Å². The van der Waals surface area contributed by atoms with Crippen LogP contribution in [-0.2, 0) is 17.6 Å². The molecule has 19 heavy (non-hydrogen) atoms. The van der Waals surface area contributed by atoms with Gasteiger partial charge >= 0.3 is 0 Å². The Hall–Kier alpha value is -1.32. The molecule has 0 radical (unpaired) electrons. The van der Waals surface area contributed by atoms with Gasteiger partial charge in [0.05, 0.1) is 0 Å². The van der Waals surface area contributed by atoms with Gasteiger partial charge in [0.15, 0.2) is 0 Å². The first-order valence-corrected chi connectivity index (χ1v) is 6.84. The maximum atomic E-state index is 13.0. The van der Waals surface area contributed by atoms with E-state index in [1.165, 1.54) is 0 Å². The van der Waals surface area contributed by atoms with Gasteiger partial charge in [0, 0.05) is 37.1 Å². The van der Waals surface area contributed by atoms with Crippen molar-refractivity contribution >= 4 is 5.78 Å². The highest BCUT2D eigenvalue weighted by molar-refractivity contribution is 5.83. The molecule has 0 aliphatic heterocycles. The third-order valence-electron chi connectivity index (χ3n) is 3.82. The normalized spacial score (nSPS) is 19.3. The number of pyridine rings is 1. The summed E-state index contributed by atoms with van der Waals surface area (Å²) in [6.07, 6.45) is 3.24. The van der Waals surface area contributed by atoms with E-state index in [1.54, 1.807) is 6.20 Å². The molecule has 1 aromatic heterocycles. The summed E-state index contributed by atoms with van der Waals surface area (Å²) in [4.78, 5) is 16.3. The third kappa shape index (κ3) is 3.82. The van der Waals surface area contributed by atoms with Crippen molar-refractivity contribution in [2.24, 2.45) is 5.92 Å². The molecular formula is C15H19F2NO. The predicted molar refractivity (Wildman–Crippen MR) is 69.2 cm³/mol. The van der Waals surface area contributed by atoms with E-state index in [1.807, 2.05) is 19.1 Å². The van der Waals surface area contributed by atoms with Gasteiger partial charge in [0.1, 0.15) is 5.78 Å². The van der Waals surface area contributed by atoms with E-state index in [4.69, 9.17) is 0 Å². The monoisotopic (exact) mass is 267 g/mol. The van der Waals surface area contributed by atoms with Crippen molar-refractivity contribution in [2.75, 3.05) is 0 Å². The van der Waals surface area contributed by atoms with Crippen molar-refractivity contribution < 1.29 is 13.6 Å². The fourth-order valence-electron chi connectivity index (χ4n) is 2.45. The zero-order valence-corrected chi connectivity index (χ0v) is 11.2. The van der Waals surface area contributed by atoms with Gasteiger partial charge < -0.3 is 0 Å². The number of carbonyl (C=O) groups excluding carboxylic acids is 1. The lowest BCUT2D eigenvalue weighted by Gasteiger charge is -2.27. The van der Waals surface area contributed by atoms with Gasteiger partial charge in [-0.3, -0.25) is 9.78 Å². The number of ketones is 1. The van der Waals surface area contributed by atoms with Gasteiger partial charge in [-0.2, -0.15) is 0 Å². The van der Waals surface area contributed by atoms with Crippen molar-refractivity contribution in [1.82, 2.24) is 4.98 Å². The molecule has 0 aromatic carbocycles. The molecule has 0 atom stereocenters. The predicted octanol–water partition coefficient (Wildman–Crippen LogP) is 3.58. The summed E-state index contributed by atoms with van der Waals surface area (Å²) >= 11 is 0. The highest BCUT2D eigenvalue weighted by atomic mass is 19.3. The number of nitrogens with zero attached hydrogens (tertiary/aromatic N) is 1. The maximum absolute atomic E-state index is 13.0. The topological polar surface area (TPSA) is 30.0 Å². The van der Waals surface area contributed by atoms with E-state index in [2.05, 4.69) is 4.98 Å². The van der Waals surface area contributed by atoms with Crippen molar-refractivity contribution in [2.45, 2.75) is 51.4 Å². The molecule has 0 saturated heterocycles. The van der Waals surface area contributed by atoms with E-state index in [0.717, 1.165) is 17.7 Å². The molecule has 0 unspecified atom stereocenters. The molecule has 0 amide bonds. The number of aryl methyl sites for hydroxylation is 1. The number of alkyl halides is 2. The Morgan fingerprint density at radius 1 is 1.37 bits per heavy atom. The molecule has 0 N–H and O–H groups in total. The SMILES string of the molecule is CCc1ccc(CC(=O)C2CCC(F)(F)CC2)nc1. The second-order valence-electron chi connectivity index (χ2n) is 5.28. The Kier molecular flexibility index (Phi) is 4.27. The maximum Gasteiger partial charge on any atom is 0.248 e. The average molecular weight is 267 g/mol. The van der Waals surface area contributed by atoms with Crippen LogP contribution in [0.5, 0.6) is 0 Å². The molecule has 1 fully saturated rings. The van der Waals surface area contributed by atoms with Crippen LogP contribution in [0.2, 0.25) is 0 Å². The minimum absolute atomic E-state index is 0.0484. The lowest BCUT2D eigenvalue weighted by atomic mass is 9.83. The second-order valence-corrected chi connectivity index (χ2v) is 5.28. The molecular weight excluding hydrogens is 248 g/mol. The van der Waals surface area contributed by atoms with Crippen LogP contribution in [0, 0.1) is 5.92 Å². The fraction of sp³-hybridized carbons (Fsp3) is 0.600. The zero-order chi connectivity index (χ0) is 13.9. The van der Waals surface area contributed by atoms with Gasteiger partial charge in [-0.15, -0.1) is 0 Å². The summed E-state index contributed by atoms with van der Waals surface area (Å²) < 4.78 is 26.1. The van der Waals surface area contributed by atoms with Gasteiger partial charge in [-0.05, 0) is 30.9 Å². The molecule has 2 rings (SSSR count). The first-order chi connectivity index (χ1) is 9.00. The Morgan fingerprint density at radius 2 is 2.05 bits per heavy atom. The van der Waals surface area contributed by atoms with E-state index in [-0.39, 0.29) is 31.0 Å². The van der Waals surface area contributed by atoms with Crippen LogP contribution in [0.3, 0.4) is 0 Å². The first-order valence-electron chi connectivity index (χ1n) is 6.84. The Bertz CT molecular complexity index is 432. The van der Waals surface area contributed by atoms with E-state index < -0.39 is 5.92 Å². The molecule has 2 nitrogen and oxygen atoms in total. The van der Waals surface area contributed by atoms with Crippen LogP contribution in [-0.4, -0.2) is 16.7 Å². The summed E-state index contributed by atoms with van der Waals surface area (Å²) in [5.41, 5.74) is 1.87.